The molecule has 1 aromatic carbocycles. The summed E-state index contributed by atoms with van der Waals surface area (Å²) >= 11 is 0. The summed E-state index contributed by atoms with van der Waals surface area (Å²) in [6.07, 6.45) is 0. The first-order chi connectivity index (χ1) is 10.9. The zero-order chi connectivity index (χ0) is 16.9. The van der Waals surface area contributed by atoms with E-state index < -0.39 is 10.0 Å². The van der Waals surface area contributed by atoms with Crippen LogP contribution in [0.25, 0.3) is 11.3 Å². The third-order valence-corrected chi connectivity index (χ3v) is 4.32. The number of ether oxygens (including phenoxy) is 1. The van der Waals surface area contributed by atoms with Crippen molar-refractivity contribution in [3.05, 3.63) is 36.4 Å². The van der Waals surface area contributed by atoms with Gasteiger partial charge in [-0.2, -0.15) is 0 Å². The lowest BCUT2D eigenvalue weighted by Crippen LogP contribution is -2.14. The van der Waals surface area contributed by atoms with Crippen LogP contribution < -0.4 is 9.46 Å². The molecule has 1 heterocycles. The first-order valence-electron chi connectivity index (χ1n) is 7.47. The van der Waals surface area contributed by atoms with E-state index in [9.17, 15) is 8.42 Å². The van der Waals surface area contributed by atoms with Gasteiger partial charge in [0.2, 0.25) is 15.9 Å². The summed E-state index contributed by atoms with van der Waals surface area (Å²) < 4.78 is 31.3. The molecule has 0 amide bonds. The molecule has 0 radical (unpaired) electrons. The summed E-state index contributed by atoms with van der Waals surface area (Å²) in [5.74, 6) is 0.920. The number of hydrogen-bond acceptors (Lipinski definition) is 5. The monoisotopic (exact) mass is 335 g/mol. The molecule has 0 saturated heterocycles. The molecule has 0 saturated carbocycles. The molecule has 23 heavy (non-hydrogen) atoms. The highest BCUT2D eigenvalue weighted by atomic mass is 32.2. The van der Waals surface area contributed by atoms with Gasteiger partial charge < -0.3 is 4.74 Å². The van der Waals surface area contributed by atoms with Gasteiger partial charge in [0.25, 0.3) is 0 Å². The third kappa shape index (κ3) is 5.21. The first-order valence-corrected chi connectivity index (χ1v) is 9.12. The van der Waals surface area contributed by atoms with Crippen molar-refractivity contribution in [1.29, 1.82) is 0 Å². The summed E-state index contributed by atoms with van der Waals surface area (Å²) in [6, 6.07) is 10.6. The minimum absolute atomic E-state index is 0.0267. The number of rotatable bonds is 7. The van der Waals surface area contributed by atoms with Gasteiger partial charge in [-0.25, -0.2) is 8.42 Å². The van der Waals surface area contributed by atoms with Crippen molar-refractivity contribution in [1.82, 2.24) is 10.2 Å². The van der Waals surface area contributed by atoms with Crippen LogP contribution in [0.1, 0.15) is 20.8 Å². The molecule has 2 rings (SSSR count). The van der Waals surface area contributed by atoms with Crippen molar-refractivity contribution in [3.63, 3.8) is 0 Å². The maximum absolute atomic E-state index is 11.6. The molecule has 6 nitrogen and oxygen atoms in total. The number of aromatic nitrogens is 2. The van der Waals surface area contributed by atoms with Crippen LogP contribution in [0.2, 0.25) is 0 Å². The van der Waals surface area contributed by atoms with Gasteiger partial charge in [0.05, 0.1) is 18.1 Å². The standard InChI is InChI=1S/C16H21N3O3S/c1-4-23(20,21)19-14-7-5-6-13(10-14)15-8-9-16(18-17-15)22-11-12(2)3/h5-10,12,19H,4,11H2,1-3H3. The van der Waals surface area contributed by atoms with Crippen molar-refractivity contribution in [2.45, 2.75) is 20.8 Å². The van der Waals surface area contributed by atoms with Crippen LogP contribution in [0.4, 0.5) is 5.69 Å². The van der Waals surface area contributed by atoms with Gasteiger partial charge in [-0.3, -0.25) is 4.72 Å². The third-order valence-electron chi connectivity index (χ3n) is 3.02. The lowest BCUT2D eigenvalue weighted by atomic mass is 10.1. The molecule has 1 aromatic heterocycles. The van der Waals surface area contributed by atoms with E-state index in [1.54, 1.807) is 37.3 Å². The SMILES string of the molecule is CCS(=O)(=O)Nc1cccc(-c2ccc(OCC(C)C)nn2)c1. The maximum Gasteiger partial charge on any atom is 0.233 e. The average Bonchev–Trinajstić information content (AvgIpc) is 2.53. The topological polar surface area (TPSA) is 81.2 Å². The van der Waals surface area contributed by atoms with Crippen LogP contribution in [0, 0.1) is 5.92 Å². The fourth-order valence-electron chi connectivity index (χ4n) is 1.80. The van der Waals surface area contributed by atoms with Gasteiger partial charge >= 0.3 is 0 Å². The summed E-state index contributed by atoms with van der Waals surface area (Å²) in [5, 5.41) is 8.17. The zero-order valence-corrected chi connectivity index (χ0v) is 14.3. The zero-order valence-electron chi connectivity index (χ0n) is 13.5. The molecule has 0 aliphatic rings. The second-order valence-corrected chi connectivity index (χ2v) is 7.56. The Balaban J connectivity index is 2.15. The Morgan fingerprint density at radius 3 is 2.57 bits per heavy atom. The molecule has 1 N–H and O–H groups in total. The average molecular weight is 335 g/mol. The van der Waals surface area contributed by atoms with Gasteiger partial charge in [0.1, 0.15) is 0 Å². The number of sulfonamides is 1. The molecule has 0 unspecified atom stereocenters. The minimum atomic E-state index is -3.30. The van der Waals surface area contributed by atoms with Crippen LogP contribution in [0.15, 0.2) is 36.4 Å². The minimum Gasteiger partial charge on any atom is -0.476 e. The summed E-state index contributed by atoms with van der Waals surface area (Å²) in [6.45, 7) is 6.30. The largest absolute Gasteiger partial charge is 0.476 e. The molecular formula is C16H21N3O3S. The molecule has 0 fully saturated rings. The lowest BCUT2D eigenvalue weighted by molar-refractivity contribution is 0.258. The summed E-state index contributed by atoms with van der Waals surface area (Å²) in [7, 11) is -3.30. The highest BCUT2D eigenvalue weighted by molar-refractivity contribution is 7.92. The van der Waals surface area contributed by atoms with Gasteiger partial charge in [-0.05, 0) is 31.0 Å². The Hall–Kier alpha value is -2.15. The fraction of sp³-hybridized carbons (Fsp3) is 0.375. The number of nitrogens with one attached hydrogen (secondary N) is 1. The number of benzene rings is 1. The Bertz CT molecular complexity index is 743. The van der Waals surface area contributed by atoms with E-state index in [1.807, 2.05) is 6.07 Å². The van der Waals surface area contributed by atoms with Gasteiger partial charge in [-0.1, -0.05) is 26.0 Å². The van der Waals surface area contributed by atoms with Crippen molar-refractivity contribution in [2.75, 3.05) is 17.1 Å². The van der Waals surface area contributed by atoms with E-state index in [1.165, 1.54) is 0 Å². The summed E-state index contributed by atoms with van der Waals surface area (Å²) in [5.41, 5.74) is 1.94. The van der Waals surface area contributed by atoms with Gasteiger partial charge in [-0.15, -0.1) is 10.2 Å². The number of hydrogen-bond donors (Lipinski definition) is 1. The van der Waals surface area contributed by atoms with Gasteiger partial charge in [0.15, 0.2) is 0 Å². The van der Waals surface area contributed by atoms with Crippen molar-refractivity contribution in [2.24, 2.45) is 5.92 Å². The van der Waals surface area contributed by atoms with Crippen LogP contribution >= 0.6 is 0 Å². The van der Waals surface area contributed by atoms with E-state index in [4.69, 9.17) is 4.74 Å². The Morgan fingerprint density at radius 2 is 1.96 bits per heavy atom. The van der Waals surface area contributed by atoms with Crippen LogP contribution in [-0.4, -0.2) is 31.0 Å². The van der Waals surface area contributed by atoms with E-state index in [2.05, 4.69) is 28.8 Å². The van der Waals surface area contributed by atoms with Crippen LogP contribution in [-0.2, 0) is 10.0 Å². The highest BCUT2D eigenvalue weighted by Crippen LogP contribution is 2.22. The Morgan fingerprint density at radius 1 is 1.17 bits per heavy atom. The molecule has 0 aliphatic heterocycles. The first kappa shape index (κ1) is 17.2. The van der Waals surface area contributed by atoms with E-state index in [0.29, 0.717) is 29.8 Å². The smallest absolute Gasteiger partial charge is 0.233 e. The Kier molecular flexibility index (Phi) is 5.54. The fourth-order valence-corrected chi connectivity index (χ4v) is 2.43. The van der Waals surface area contributed by atoms with Gasteiger partial charge in [0, 0.05) is 17.3 Å². The molecule has 124 valence electrons. The van der Waals surface area contributed by atoms with Crippen molar-refractivity contribution >= 4 is 15.7 Å². The number of nitrogens with zero attached hydrogens (tertiary/aromatic N) is 2. The quantitative estimate of drug-likeness (QED) is 0.841. The molecule has 0 aliphatic carbocycles. The van der Waals surface area contributed by atoms with Crippen molar-refractivity contribution < 1.29 is 13.2 Å². The Labute approximate surface area is 137 Å². The predicted octanol–water partition coefficient (Wildman–Crippen LogP) is 2.94. The van der Waals surface area contributed by atoms with E-state index in [0.717, 1.165) is 5.56 Å². The molecule has 0 atom stereocenters. The van der Waals surface area contributed by atoms with Crippen LogP contribution in [0.3, 0.4) is 0 Å². The normalized spacial score (nSPS) is 11.5. The second-order valence-electron chi connectivity index (χ2n) is 5.55. The lowest BCUT2D eigenvalue weighted by Gasteiger charge is -2.09. The second kappa shape index (κ2) is 7.41. The molecule has 0 spiro atoms. The summed E-state index contributed by atoms with van der Waals surface area (Å²) in [4.78, 5) is 0. The van der Waals surface area contributed by atoms with E-state index >= 15 is 0 Å². The molecule has 2 aromatic rings. The molecule has 0 bridgehead atoms. The van der Waals surface area contributed by atoms with Crippen LogP contribution in [0.5, 0.6) is 5.88 Å². The molecular weight excluding hydrogens is 314 g/mol. The predicted molar refractivity (Wildman–Crippen MR) is 90.9 cm³/mol. The van der Waals surface area contributed by atoms with Crippen molar-refractivity contribution in [3.8, 4) is 17.1 Å². The number of anilines is 1. The molecule has 7 heteroatoms. The highest BCUT2D eigenvalue weighted by Gasteiger charge is 2.08. The van der Waals surface area contributed by atoms with E-state index in [-0.39, 0.29) is 5.75 Å². The maximum atomic E-state index is 11.6.